The van der Waals surface area contributed by atoms with Crippen molar-refractivity contribution in [2.45, 2.75) is 11.8 Å². The molecule has 0 aliphatic heterocycles. The smallest absolute Gasteiger partial charge is 0.234 e. The highest BCUT2D eigenvalue weighted by molar-refractivity contribution is 8.00. The van der Waals surface area contributed by atoms with Crippen LogP contribution in [0.15, 0.2) is 95.9 Å². The summed E-state index contributed by atoms with van der Waals surface area (Å²) in [6.07, 6.45) is 0. The number of thiocarbonyl (C=S) groups is 1. The lowest BCUT2D eigenvalue weighted by atomic mass is 10.1. The van der Waals surface area contributed by atoms with Gasteiger partial charge < -0.3 is 16.0 Å². The fourth-order valence-electron chi connectivity index (χ4n) is 3.41. The Labute approximate surface area is 208 Å². The molecule has 0 aliphatic rings. The Hall–Kier alpha value is -3.68. The monoisotopic (exact) mass is 485 g/mol. The Bertz CT molecular complexity index is 1350. The van der Waals surface area contributed by atoms with Crippen molar-refractivity contribution in [1.82, 2.24) is 0 Å². The molecule has 34 heavy (non-hydrogen) atoms. The van der Waals surface area contributed by atoms with E-state index in [4.69, 9.17) is 12.2 Å². The number of hydrogen-bond donors (Lipinski definition) is 3. The van der Waals surface area contributed by atoms with Crippen LogP contribution in [0.4, 0.5) is 17.1 Å². The van der Waals surface area contributed by atoms with Crippen LogP contribution in [0.2, 0.25) is 0 Å². The maximum atomic E-state index is 12.6. The minimum atomic E-state index is -0.0640. The number of fused-ring (bicyclic) bond motifs is 1. The number of thioether (sulfide) groups is 1. The molecular formula is C27H23N3O2S2. The molecule has 0 saturated carbocycles. The van der Waals surface area contributed by atoms with Gasteiger partial charge in [0.15, 0.2) is 10.9 Å². The third-order valence-corrected chi connectivity index (χ3v) is 6.27. The standard InChI is InChI=1S/C27H23N3O2S2/c1-18(31)19-12-14-21(15-13-19)28-27(33)29-22-8-5-9-23(16-22)34-17-26(32)30-25-11-4-7-20-6-2-3-10-24(20)25/h2-16H,17H2,1H3,(H,30,32)(H2,28,29,33). The predicted molar refractivity (Wildman–Crippen MR) is 146 cm³/mol. The molecule has 0 aliphatic carbocycles. The summed E-state index contributed by atoms with van der Waals surface area (Å²) >= 11 is 6.86. The van der Waals surface area contributed by atoms with Crippen LogP contribution >= 0.6 is 24.0 Å². The molecule has 1 amide bonds. The van der Waals surface area contributed by atoms with Crippen molar-refractivity contribution >= 4 is 68.6 Å². The molecule has 0 heterocycles. The van der Waals surface area contributed by atoms with E-state index >= 15 is 0 Å². The summed E-state index contributed by atoms with van der Waals surface area (Å²) in [6.45, 7) is 1.53. The molecule has 170 valence electrons. The zero-order valence-corrected chi connectivity index (χ0v) is 20.1. The second kappa shape index (κ2) is 11.0. The summed E-state index contributed by atoms with van der Waals surface area (Å²) in [5.41, 5.74) is 3.07. The highest BCUT2D eigenvalue weighted by Crippen LogP contribution is 2.25. The lowest BCUT2D eigenvalue weighted by molar-refractivity contribution is -0.113. The lowest BCUT2D eigenvalue weighted by Crippen LogP contribution is -2.19. The van der Waals surface area contributed by atoms with E-state index in [-0.39, 0.29) is 17.4 Å². The Morgan fingerprint density at radius 3 is 2.29 bits per heavy atom. The molecule has 4 rings (SSSR count). The molecule has 0 spiro atoms. The molecule has 0 bridgehead atoms. The Morgan fingerprint density at radius 2 is 1.50 bits per heavy atom. The van der Waals surface area contributed by atoms with Gasteiger partial charge in [-0.25, -0.2) is 0 Å². The summed E-state index contributed by atoms with van der Waals surface area (Å²) in [4.78, 5) is 24.9. The van der Waals surface area contributed by atoms with Crippen molar-refractivity contribution in [3.8, 4) is 0 Å². The number of nitrogens with one attached hydrogen (secondary N) is 3. The van der Waals surface area contributed by atoms with E-state index in [9.17, 15) is 9.59 Å². The molecule has 0 radical (unpaired) electrons. The molecule has 0 atom stereocenters. The van der Waals surface area contributed by atoms with Gasteiger partial charge in [-0.1, -0.05) is 42.5 Å². The van der Waals surface area contributed by atoms with Crippen LogP contribution in [0.25, 0.3) is 10.8 Å². The van der Waals surface area contributed by atoms with E-state index in [0.717, 1.165) is 32.7 Å². The van der Waals surface area contributed by atoms with E-state index in [1.165, 1.54) is 18.7 Å². The van der Waals surface area contributed by atoms with Gasteiger partial charge in [-0.2, -0.15) is 0 Å². The maximum absolute atomic E-state index is 12.6. The number of anilines is 3. The van der Waals surface area contributed by atoms with Crippen LogP contribution in [-0.4, -0.2) is 22.6 Å². The Balaban J connectivity index is 1.32. The van der Waals surface area contributed by atoms with Gasteiger partial charge in [0.25, 0.3) is 0 Å². The largest absolute Gasteiger partial charge is 0.332 e. The first-order valence-corrected chi connectivity index (χ1v) is 12.1. The molecule has 4 aromatic carbocycles. The van der Waals surface area contributed by atoms with Gasteiger partial charge >= 0.3 is 0 Å². The molecule has 0 aromatic heterocycles. The van der Waals surface area contributed by atoms with Crippen molar-refractivity contribution in [3.63, 3.8) is 0 Å². The van der Waals surface area contributed by atoms with Gasteiger partial charge in [-0.15, -0.1) is 11.8 Å². The molecule has 3 N–H and O–H groups in total. The predicted octanol–water partition coefficient (Wildman–Crippen LogP) is 6.58. The van der Waals surface area contributed by atoms with Gasteiger partial charge in [0.1, 0.15) is 0 Å². The highest BCUT2D eigenvalue weighted by atomic mass is 32.2. The number of amides is 1. The van der Waals surface area contributed by atoms with E-state index < -0.39 is 0 Å². The number of hydrogen-bond acceptors (Lipinski definition) is 4. The summed E-state index contributed by atoms with van der Waals surface area (Å²) in [5.74, 6) is 0.246. The van der Waals surface area contributed by atoms with Gasteiger partial charge in [-0.3, -0.25) is 9.59 Å². The average Bonchev–Trinajstić information content (AvgIpc) is 2.83. The third-order valence-electron chi connectivity index (χ3n) is 5.07. The van der Waals surface area contributed by atoms with Crippen molar-refractivity contribution in [2.75, 3.05) is 21.7 Å². The number of benzene rings is 4. The van der Waals surface area contributed by atoms with Crippen LogP contribution in [-0.2, 0) is 4.79 Å². The number of carbonyl (C=O) groups excluding carboxylic acids is 2. The summed E-state index contributed by atoms with van der Waals surface area (Å²) in [6, 6.07) is 28.7. The van der Waals surface area contributed by atoms with E-state index in [1.807, 2.05) is 78.9 Å². The summed E-state index contributed by atoms with van der Waals surface area (Å²) in [5, 5.41) is 11.8. The number of Topliss-reactive ketones (excluding diaryl/α,β-unsaturated/α-hetero) is 1. The normalized spacial score (nSPS) is 10.5. The molecule has 7 heteroatoms. The zero-order chi connectivity index (χ0) is 23.9. The number of carbonyl (C=O) groups is 2. The maximum Gasteiger partial charge on any atom is 0.234 e. The number of rotatable bonds is 7. The molecular weight excluding hydrogens is 462 g/mol. The second-order valence-corrected chi connectivity index (χ2v) is 9.06. The minimum Gasteiger partial charge on any atom is -0.332 e. The quantitative estimate of drug-likeness (QED) is 0.156. The van der Waals surface area contributed by atoms with Crippen LogP contribution in [0.1, 0.15) is 17.3 Å². The van der Waals surface area contributed by atoms with E-state index in [0.29, 0.717) is 10.7 Å². The minimum absolute atomic E-state index is 0.0207. The summed E-state index contributed by atoms with van der Waals surface area (Å²) in [7, 11) is 0. The van der Waals surface area contributed by atoms with Crippen molar-refractivity contribution in [2.24, 2.45) is 0 Å². The zero-order valence-electron chi connectivity index (χ0n) is 18.5. The van der Waals surface area contributed by atoms with Gasteiger partial charge in [0, 0.05) is 32.9 Å². The van der Waals surface area contributed by atoms with Crippen LogP contribution in [0, 0.1) is 0 Å². The van der Waals surface area contributed by atoms with Crippen LogP contribution in [0.5, 0.6) is 0 Å². The average molecular weight is 486 g/mol. The summed E-state index contributed by atoms with van der Waals surface area (Å²) < 4.78 is 0. The first-order chi connectivity index (χ1) is 16.5. The molecule has 0 fully saturated rings. The first kappa shape index (κ1) is 23.5. The van der Waals surface area contributed by atoms with E-state index in [2.05, 4.69) is 16.0 Å². The lowest BCUT2D eigenvalue weighted by Gasteiger charge is -2.12. The van der Waals surface area contributed by atoms with Gasteiger partial charge in [0.2, 0.25) is 5.91 Å². The van der Waals surface area contributed by atoms with Crippen LogP contribution < -0.4 is 16.0 Å². The molecule has 0 saturated heterocycles. The van der Waals surface area contributed by atoms with Crippen molar-refractivity contribution in [3.05, 3.63) is 96.6 Å². The molecule has 4 aromatic rings. The van der Waals surface area contributed by atoms with Gasteiger partial charge in [-0.05, 0) is 73.1 Å². The van der Waals surface area contributed by atoms with E-state index in [1.54, 1.807) is 12.1 Å². The Kier molecular flexibility index (Phi) is 7.57. The van der Waals surface area contributed by atoms with Gasteiger partial charge in [0.05, 0.1) is 5.75 Å². The third kappa shape index (κ3) is 6.21. The fourth-order valence-corrected chi connectivity index (χ4v) is 4.41. The fraction of sp³-hybridized carbons (Fsp3) is 0.0741. The second-order valence-electron chi connectivity index (χ2n) is 7.60. The molecule has 0 unspecified atom stereocenters. The molecule has 5 nitrogen and oxygen atoms in total. The van der Waals surface area contributed by atoms with Crippen LogP contribution in [0.3, 0.4) is 0 Å². The Morgan fingerprint density at radius 1 is 0.794 bits per heavy atom. The number of ketones is 1. The first-order valence-electron chi connectivity index (χ1n) is 10.7. The SMILES string of the molecule is CC(=O)c1ccc(NC(=S)Nc2cccc(SCC(=O)Nc3cccc4ccccc34)c2)cc1. The topological polar surface area (TPSA) is 70.2 Å². The van der Waals surface area contributed by atoms with Crippen molar-refractivity contribution in [1.29, 1.82) is 0 Å². The van der Waals surface area contributed by atoms with Crippen molar-refractivity contribution < 1.29 is 9.59 Å². The highest BCUT2D eigenvalue weighted by Gasteiger charge is 2.08.